The molecule has 1 fully saturated rings. The van der Waals surface area contributed by atoms with Crippen LogP contribution in [-0.2, 0) is 15.0 Å². The molecule has 1 unspecified atom stereocenters. The fourth-order valence-corrected chi connectivity index (χ4v) is 3.95. The molecule has 2 N–H and O–H groups in total. The molecule has 1 aliphatic rings. The van der Waals surface area contributed by atoms with E-state index in [2.05, 4.69) is 4.72 Å². The normalized spacial score (nSPS) is 20.2. The molecular weight excluding hydrogens is 323 g/mol. The van der Waals surface area contributed by atoms with Gasteiger partial charge in [-0.05, 0) is 37.5 Å². The molecule has 1 heterocycles. The number of carbonyl (C=O) groups is 1. The van der Waals surface area contributed by atoms with E-state index in [4.69, 9.17) is 16.7 Å². The molecule has 1 atom stereocenters. The number of nitrogens with zero attached hydrogens (tertiary/aromatic N) is 1. The van der Waals surface area contributed by atoms with Crippen molar-refractivity contribution in [1.82, 2.24) is 4.31 Å². The van der Waals surface area contributed by atoms with Crippen LogP contribution >= 0.6 is 11.6 Å². The lowest BCUT2D eigenvalue weighted by Gasteiger charge is -2.32. The van der Waals surface area contributed by atoms with Gasteiger partial charge < -0.3 is 5.11 Å². The Hall–Kier alpha value is -1.38. The fourth-order valence-electron chi connectivity index (χ4n) is 2.21. The first-order chi connectivity index (χ1) is 9.81. The quantitative estimate of drug-likeness (QED) is 0.881. The molecule has 2 rings (SSSR count). The van der Waals surface area contributed by atoms with Crippen LogP contribution in [-0.4, -0.2) is 36.4 Å². The lowest BCUT2D eigenvalue weighted by molar-refractivity contribution is -0.142. The van der Waals surface area contributed by atoms with Crippen molar-refractivity contribution in [2.24, 2.45) is 0 Å². The fraction of sp³-hybridized carbons (Fsp3) is 0.417. The van der Waals surface area contributed by atoms with Gasteiger partial charge in [-0.15, -0.1) is 0 Å². The van der Waals surface area contributed by atoms with Crippen molar-refractivity contribution in [2.75, 3.05) is 11.3 Å². The molecule has 0 spiro atoms. The minimum atomic E-state index is -4.07. The van der Waals surface area contributed by atoms with Crippen LogP contribution in [0.5, 0.6) is 0 Å². The van der Waals surface area contributed by atoms with Crippen molar-refractivity contribution in [3.63, 3.8) is 0 Å². The van der Waals surface area contributed by atoms with Crippen LogP contribution in [0.4, 0.5) is 10.1 Å². The predicted octanol–water partition coefficient (Wildman–Crippen LogP) is 2.07. The van der Waals surface area contributed by atoms with E-state index in [0.29, 0.717) is 12.8 Å². The Bertz CT molecular complexity index is 653. The third kappa shape index (κ3) is 3.63. The highest BCUT2D eigenvalue weighted by atomic mass is 35.5. The van der Waals surface area contributed by atoms with Gasteiger partial charge in [-0.2, -0.15) is 12.7 Å². The number of nitrogens with one attached hydrogen (secondary N) is 1. The van der Waals surface area contributed by atoms with Crippen LogP contribution in [0.25, 0.3) is 0 Å². The van der Waals surface area contributed by atoms with E-state index in [0.717, 1.165) is 16.4 Å². The Labute approximate surface area is 126 Å². The summed E-state index contributed by atoms with van der Waals surface area (Å²) in [6.07, 6.45) is 1.50. The first-order valence-corrected chi connectivity index (χ1v) is 8.10. The number of halogens is 2. The Kier molecular flexibility index (Phi) is 4.70. The summed E-state index contributed by atoms with van der Waals surface area (Å²) >= 11 is 5.77. The second kappa shape index (κ2) is 6.17. The van der Waals surface area contributed by atoms with Crippen molar-refractivity contribution < 1.29 is 22.7 Å². The lowest BCUT2D eigenvalue weighted by Crippen LogP contribution is -2.49. The molecule has 9 heteroatoms. The van der Waals surface area contributed by atoms with E-state index >= 15 is 0 Å². The molecule has 21 heavy (non-hydrogen) atoms. The number of aliphatic carboxylic acids is 1. The van der Waals surface area contributed by atoms with Gasteiger partial charge in [0.2, 0.25) is 0 Å². The molecule has 0 saturated carbocycles. The Balaban J connectivity index is 2.26. The number of benzene rings is 1. The van der Waals surface area contributed by atoms with Crippen LogP contribution in [0.3, 0.4) is 0 Å². The third-order valence-electron chi connectivity index (χ3n) is 3.22. The van der Waals surface area contributed by atoms with Crippen LogP contribution in [0, 0.1) is 5.82 Å². The highest BCUT2D eigenvalue weighted by Crippen LogP contribution is 2.26. The number of piperidine rings is 1. The number of hydrogen-bond acceptors (Lipinski definition) is 3. The predicted molar refractivity (Wildman–Crippen MR) is 75.9 cm³/mol. The summed E-state index contributed by atoms with van der Waals surface area (Å²) in [5.74, 6) is -1.78. The maximum absolute atomic E-state index is 13.0. The largest absolute Gasteiger partial charge is 0.480 e. The van der Waals surface area contributed by atoms with Gasteiger partial charge in [0.25, 0.3) is 0 Å². The second-order valence-electron chi connectivity index (χ2n) is 4.69. The van der Waals surface area contributed by atoms with E-state index in [1.807, 2.05) is 0 Å². The van der Waals surface area contributed by atoms with Gasteiger partial charge in [-0.1, -0.05) is 11.6 Å². The Morgan fingerprint density at radius 3 is 2.76 bits per heavy atom. The first kappa shape index (κ1) is 16.0. The molecule has 1 aromatic carbocycles. The van der Waals surface area contributed by atoms with Crippen molar-refractivity contribution in [3.05, 3.63) is 29.0 Å². The summed E-state index contributed by atoms with van der Waals surface area (Å²) in [4.78, 5) is 11.2. The number of rotatable bonds is 4. The van der Waals surface area contributed by atoms with Gasteiger partial charge in [0, 0.05) is 6.54 Å². The Morgan fingerprint density at radius 2 is 2.14 bits per heavy atom. The van der Waals surface area contributed by atoms with E-state index in [-0.39, 0.29) is 23.7 Å². The maximum atomic E-state index is 13.0. The van der Waals surface area contributed by atoms with E-state index in [1.165, 1.54) is 6.07 Å². The topological polar surface area (TPSA) is 86.7 Å². The van der Waals surface area contributed by atoms with Gasteiger partial charge >= 0.3 is 16.2 Å². The molecule has 6 nitrogen and oxygen atoms in total. The monoisotopic (exact) mass is 336 g/mol. The standard InChI is InChI=1S/C12H14ClFN2O4S/c13-9-7-8(14)4-5-10(9)15-21(19,20)16-6-2-1-3-11(16)12(17)18/h4-5,7,11,15H,1-3,6H2,(H,17,18). The Morgan fingerprint density at radius 1 is 1.43 bits per heavy atom. The van der Waals surface area contributed by atoms with Crippen molar-refractivity contribution >= 4 is 33.5 Å². The summed E-state index contributed by atoms with van der Waals surface area (Å²) in [7, 11) is -4.07. The summed E-state index contributed by atoms with van der Waals surface area (Å²) in [6.45, 7) is 0.116. The molecular formula is C12H14ClFN2O4S. The summed E-state index contributed by atoms with van der Waals surface area (Å²) in [5, 5.41) is 9.02. The average molecular weight is 337 g/mol. The zero-order chi connectivity index (χ0) is 15.6. The van der Waals surface area contributed by atoms with Gasteiger partial charge in [0.05, 0.1) is 10.7 Å². The van der Waals surface area contributed by atoms with Crippen LogP contribution < -0.4 is 4.72 Å². The van der Waals surface area contributed by atoms with E-state index in [1.54, 1.807) is 0 Å². The van der Waals surface area contributed by atoms with Crippen LogP contribution in [0.15, 0.2) is 18.2 Å². The SMILES string of the molecule is O=C(O)C1CCCCN1S(=O)(=O)Nc1ccc(F)cc1Cl. The smallest absolute Gasteiger partial charge is 0.322 e. The van der Waals surface area contributed by atoms with Crippen LogP contribution in [0.1, 0.15) is 19.3 Å². The highest BCUT2D eigenvalue weighted by Gasteiger charge is 2.37. The van der Waals surface area contributed by atoms with E-state index in [9.17, 15) is 17.6 Å². The highest BCUT2D eigenvalue weighted by molar-refractivity contribution is 7.90. The van der Waals surface area contributed by atoms with Crippen LogP contribution in [0.2, 0.25) is 5.02 Å². The minimum Gasteiger partial charge on any atom is -0.480 e. The molecule has 0 radical (unpaired) electrons. The summed E-state index contributed by atoms with van der Waals surface area (Å²) in [6, 6.07) is 2.13. The van der Waals surface area contributed by atoms with Crippen molar-refractivity contribution in [2.45, 2.75) is 25.3 Å². The number of carboxylic acids is 1. The number of anilines is 1. The van der Waals surface area contributed by atoms with Gasteiger partial charge in [0.15, 0.2) is 0 Å². The first-order valence-electron chi connectivity index (χ1n) is 6.29. The summed E-state index contributed by atoms with van der Waals surface area (Å²) in [5.41, 5.74) is 0.00720. The molecule has 0 amide bonds. The number of carboxylic acid groups (broad SMARTS) is 1. The van der Waals surface area contributed by atoms with Crippen molar-refractivity contribution in [3.8, 4) is 0 Å². The van der Waals surface area contributed by atoms with E-state index < -0.39 is 28.0 Å². The van der Waals surface area contributed by atoms with Gasteiger partial charge in [0.1, 0.15) is 11.9 Å². The van der Waals surface area contributed by atoms with Gasteiger partial charge in [-0.25, -0.2) is 4.39 Å². The molecule has 0 bridgehead atoms. The maximum Gasteiger partial charge on any atom is 0.322 e. The van der Waals surface area contributed by atoms with Crippen molar-refractivity contribution in [1.29, 1.82) is 0 Å². The molecule has 1 saturated heterocycles. The lowest BCUT2D eigenvalue weighted by atomic mass is 10.1. The average Bonchev–Trinajstić information content (AvgIpc) is 2.42. The molecule has 0 aromatic heterocycles. The second-order valence-corrected chi connectivity index (χ2v) is 6.72. The summed E-state index contributed by atoms with van der Waals surface area (Å²) < 4.78 is 40.7. The molecule has 116 valence electrons. The molecule has 0 aliphatic carbocycles. The zero-order valence-corrected chi connectivity index (χ0v) is 12.5. The number of hydrogen-bond donors (Lipinski definition) is 2. The third-order valence-corrected chi connectivity index (χ3v) is 5.06. The molecule has 1 aromatic rings. The van der Waals surface area contributed by atoms with Gasteiger partial charge in [-0.3, -0.25) is 9.52 Å². The zero-order valence-electron chi connectivity index (χ0n) is 10.9. The molecule has 1 aliphatic heterocycles. The minimum absolute atomic E-state index is 0.00720.